The van der Waals surface area contributed by atoms with Crippen LogP contribution in [0.4, 0.5) is 0 Å². The molecule has 0 unspecified atom stereocenters. The van der Waals surface area contributed by atoms with Crippen LogP contribution >= 0.6 is 12.2 Å². The van der Waals surface area contributed by atoms with Gasteiger partial charge in [-0.05, 0) is 61.7 Å². The molecular formula is C21H31N3O3S. The molecule has 1 aliphatic carbocycles. The van der Waals surface area contributed by atoms with Crippen LogP contribution < -0.4 is 20.9 Å². The van der Waals surface area contributed by atoms with E-state index >= 15 is 0 Å². The number of carbonyl (C=O) groups is 2. The second-order valence-electron chi connectivity index (χ2n) is 7.40. The highest BCUT2D eigenvalue weighted by Gasteiger charge is 2.27. The van der Waals surface area contributed by atoms with Crippen molar-refractivity contribution in [3.8, 4) is 5.75 Å². The number of ether oxygens (including phenoxy) is 1. The Bertz CT molecular complexity index is 678. The van der Waals surface area contributed by atoms with Crippen molar-refractivity contribution < 1.29 is 14.3 Å². The van der Waals surface area contributed by atoms with Crippen LogP contribution in [0, 0.1) is 11.8 Å². The Hall–Kier alpha value is -2.15. The highest BCUT2D eigenvalue weighted by atomic mass is 32.1. The lowest BCUT2D eigenvalue weighted by Gasteiger charge is -2.35. The Morgan fingerprint density at radius 1 is 1.11 bits per heavy atom. The zero-order valence-electron chi connectivity index (χ0n) is 16.9. The third kappa shape index (κ3) is 6.78. The maximum absolute atomic E-state index is 12.2. The highest BCUT2D eigenvalue weighted by Crippen LogP contribution is 2.29. The lowest BCUT2D eigenvalue weighted by atomic mass is 9.78. The molecule has 0 bridgehead atoms. The fourth-order valence-electron chi connectivity index (χ4n) is 3.45. The Kier molecular flexibility index (Phi) is 8.70. The van der Waals surface area contributed by atoms with Crippen LogP contribution in [0.2, 0.25) is 0 Å². The maximum atomic E-state index is 12.2. The summed E-state index contributed by atoms with van der Waals surface area (Å²) in [5.41, 5.74) is 5.88. The SMILES string of the molecule is CCOc1ccc(C(=O)CCC(=O)NNC(=S)N[C@H]2CCC[C@@H](C)[C@@H]2C)cc1. The zero-order valence-corrected chi connectivity index (χ0v) is 17.7. The van der Waals surface area contributed by atoms with Gasteiger partial charge in [-0.3, -0.25) is 20.4 Å². The minimum Gasteiger partial charge on any atom is -0.494 e. The van der Waals surface area contributed by atoms with Gasteiger partial charge >= 0.3 is 0 Å². The zero-order chi connectivity index (χ0) is 20.5. The molecule has 2 rings (SSSR count). The number of amides is 1. The number of thiocarbonyl (C=S) groups is 1. The minimum absolute atomic E-state index is 0.0797. The summed E-state index contributed by atoms with van der Waals surface area (Å²) >= 11 is 5.28. The number of nitrogens with one attached hydrogen (secondary N) is 3. The summed E-state index contributed by atoms with van der Waals surface area (Å²) in [6.07, 6.45) is 3.75. The van der Waals surface area contributed by atoms with Gasteiger partial charge < -0.3 is 10.1 Å². The monoisotopic (exact) mass is 405 g/mol. The largest absolute Gasteiger partial charge is 0.494 e. The van der Waals surface area contributed by atoms with Crippen molar-refractivity contribution in [2.24, 2.45) is 11.8 Å². The van der Waals surface area contributed by atoms with Gasteiger partial charge in [0.05, 0.1) is 6.61 Å². The van der Waals surface area contributed by atoms with Crippen LogP contribution in [-0.2, 0) is 4.79 Å². The predicted octanol–water partition coefficient (Wildman–Crippen LogP) is 3.37. The predicted molar refractivity (Wildman–Crippen MR) is 114 cm³/mol. The molecule has 3 N–H and O–H groups in total. The quantitative estimate of drug-likeness (QED) is 0.367. The number of benzene rings is 1. The molecule has 1 aromatic carbocycles. The van der Waals surface area contributed by atoms with Gasteiger partial charge in [-0.1, -0.05) is 26.7 Å². The molecule has 6 nitrogen and oxygen atoms in total. The van der Waals surface area contributed by atoms with Crippen LogP contribution in [0.1, 0.15) is 63.2 Å². The van der Waals surface area contributed by atoms with E-state index in [1.807, 2.05) is 6.92 Å². The number of hydrogen-bond acceptors (Lipinski definition) is 4. The Morgan fingerprint density at radius 2 is 1.82 bits per heavy atom. The van der Waals surface area contributed by atoms with Gasteiger partial charge in [-0.2, -0.15) is 0 Å². The first-order valence-corrected chi connectivity index (χ1v) is 10.4. The van der Waals surface area contributed by atoms with E-state index in [1.54, 1.807) is 24.3 Å². The van der Waals surface area contributed by atoms with Crippen molar-refractivity contribution >= 4 is 29.0 Å². The lowest BCUT2D eigenvalue weighted by molar-refractivity contribution is -0.121. The number of Topliss-reactive ketones (excluding diaryl/α,β-unsaturated/α-hetero) is 1. The lowest BCUT2D eigenvalue weighted by Crippen LogP contribution is -2.52. The molecule has 1 amide bonds. The molecule has 1 aliphatic rings. The highest BCUT2D eigenvalue weighted by molar-refractivity contribution is 7.80. The Balaban J connectivity index is 1.69. The van der Waals surface area contributed by atoms with Crippen LogP contribution in [0.5, 0.6) is 5.75 Å². The smallest absolute Gasteiger partial charge is 0.238 e. The van der Waals surface area contributed by atoms with Crippen molar-refractivity contribution in [1.29, 1.82) is 0 Å². The number of hydrogen-bond donors (Lipinski definition) is 3. The van der Waals surface area contributed by atoms with Gasteiger partial charge in [0, 0.05) is 24.4 Å². The van der Waals surface area contributed by atoms with E-state index in [0.717, 1.165) is 12.2 Å². The van der Waals surface area contributed by atoms with Gasteiger partial charge in [0.25, 0.3) is 0 Å². The van der Waals surface area contributed by atoms with Gasteiger partial charge in [-0.15, -0.1) is 0 Å². The Labute approximate surface area is 172 Å². The molecular weight excluding hydrogens is 374 g/mol. The molecule has 0 radical (unpaired) electrons. The van der Waals surface area contributed by atoms with E-state index in [0.29, 0.717) is 35.2 Å². The molecule has 0 heterocycles. The number of ketones is 1. The van der Waals surface area contributed by atoms with E-state index < -0.39 is 0 Å². The molecule has 3 atom stereocenters. The second kappa shape index (κ2) is 11.0. The molecule has 0 aromatic heterocycles. The van der Waals surface area contributed by atoms with Crippen molar-refractivity contribution in [3.05, 3.63) is 29.8 Å². The fourth-order valence-corrected chi connectivity index (χ4v) is 3.66. The summed E-state index contributed by atoms with van der Waals surface area (Å²) in [6.45, 7) is 6.98. The summed E-state index contributed by atoms with van der Waals surface area (Å²) in [6, 6.07) is 7.27. The van der Waals surface area contributed by atoms with Crippen LogP contribution in [0.15, 0.2) is 24.3 Å². The molecule has 1 fully saturated rings. The topological polar surface area (TPSA) is 79.5 Å². The van der Waals surface area contributed by atoms with Crippen LogP contribution in [0.3, 0.4) is 0 Å². The number of carbonyl (C=O) groups excluding carboxylic acids is 2. The van der Waals surface area contributed by atoms with Gasteiger partial charge in [0.1, 0.15) is 5.75 Å². The Morgan fingerprint density at radius 3 is 2.50 bits per heavy atom. The first kappa shape index (κ1) is 22.1. The molecule has 1 aromatic rings. The van der Waals surface area contributed by atoms with E-state index in [2.05, 4.69) is 30.0 Å². The van der Waals surface area contributed by atoms with Crippen molar-refractivity contribution in [3.63, 3.8) is 0 Å². The summed E-state index contributed by atoms with van der Waals surface area (Å²) in [7, 11) is 0. The third-order valence-electron chi connectivity index (χ3n) is 5.41. The van der Waals surface area contributed by atoms with Gasteiger partial charge in [0.2, 0.25) is 5.91 Å². The molecule has 154 valence electrons. The molecule has 7 heteroatoms. The summed E-state index contributed by atoms with van der Waals surface area (Å²) in [4.78, 5) is 24.2. The first-order valence-electron chi connectivity index (χ1n) is 10.0. The summed E-state index contributed by atoms with van der Waals surface area (Å²) < 4.78 is 5.36. The van der Waals surface area contributed by atoms with Crippen LogP contribution in [0.25, 0.3) is 0 Å². The van der Waals surface area contributed by atoms with E-state index in [-0.39, 0.29) is 24.5 Å². The average molecular weight is 406 g/mol. The van der Waals surface area contributed by atoms with Gasteiger partial charge in [0.15, 0.2) is 10.9 Å². The normalized spacial score (nSPS) is 21.5. The summed E-state index contributed by atoms with van der Waals surface area (Å²) in [5.74, 6) is 1.58. The van der Waals surface area contributed by atoms with Gasteiger partial charge in [-0.25, -0.2) is 0 Å². The molecule has 0 aliphatic heterocycles. The molecule has 1 saturated carbocycles. The molecule has 0 saturated heterocycles. The maximum Gasteiger partial charge on any atom is 0.238 e. The number of hydrazine groups is 1. The minimum atomic E-state index is -0.270. The van der Waals surface area contributed by atoms with E-state index in [4.69, 9.17) is 17.0 Å². The second-order valence-corrected chi connectivity index (χ2v) is 7.81. The van der Waals surface area contributed by atoms with Crippen LogP contribution in [-0.4, -0.2) is 29.5 Å². The number of rotatable bonds is 7. The van der Waals surface area contributed by atoms with Crippen molar-refractivity contribution in [1.82, 2.24) is 16.2 Å². The summed E-state index contributed by atoms with van der Waals surface area (Å²) in [5, 5.41) is 3.70. The van der Waals surface area contributed by atoms with E-state index in [1.165, 1.54) is 12.8 Å². The standard InChI is InChI=1S/C21H31N3O3S/c1-4-27-17-10-8-16(9-11-17)19(25)12-13-20(26)23-24-21(28)22-18-7-5-6-14(2)15(18)3/h8-11,14-15,18H,4-7,12-13H2,1-3H3,(H,23,26)(H2,22,24,28)/t14-,15+,18+/m1/s1. The first-order chi connectivity index (χ1) is 13.4. The molecule has 0 spiro atoms. The average Bonchev–Trinajstić information content (AvgIpc) is 2.69. The third-order valence-corrected chi connectivity index (χ3v) is 5.63. The van der Waals surface area contributed by atoms with Crippen molar-refractivity contribution in [2.75, 3.05) is 6.61 Å². The van der Waals surface area contributed by atoms with E-state index in [9.17, 15) is 9.59 Å². The fraction of sp³-hybridized carbons (Fsp3) is 0.571. The van der Waals surface area contributed by atoms with Crippen molar-refractivity contribution in [2.45, 2.75) is 58.9 Å². The molecule has 28 heavy (non-hydrogen) atoms.